The Morgan fingerprint density at radius 1 is 1.22 bits per heavy atom. The first-order valence-corrected chi connectivity index (χ1v) is 6.98. The normalized spacial score (nSPS) is 38.1. The Morgan fingerprint density at radius 3 is 2.83 bits per heavy atom. The van der Waals surface area contributed by atoms with Crippen molar-refractivity contribution >= 4 is 0 Å². The van der Waals surface area contributed by atoms with Gasteiger partial charge in [0.1, 0.15) is 0 Å². The molecule has 0 aromatic heterocycles. The monoisotopic (exact) mass is 239 g/mol. The minimum absolute atomic E-state index is 0.586. The van der Waals surface area contributed by atoms with E-state index >= 15 is 0 Å². The molecule has 94 valence electrons. The van der Waals surface area contributed by atoms with Gasteiger partial charge in [-0.1, -0.05) is 48.6 Å². The summed E-state index contributed by atoms with van der Waals surface area (Å²) < 4.78 is 0. The second-order valence-corrected chi connectivity index (χ2v) is 5.25. The fraction of sp³-hybridized carbons (Fsp3) is 0.412. The number of rotatable bonds is 1. The van der Waals surface area contributed by atoms with Gasteiger partial charge in [0.15, 0.2) is 0 Å². The predicted octanol–water partition coefficient (Wildman–Crippen LogP) is 3.84. The molecule has 3 aliphatic heterocycles. The van der Waals surface area contributed by atoms with Gasteiger partial charge in [-0.2, -0.15) is 0 Å². The van der Waals surface area contributed by atoms with Gasteiger partial charge in [-0.05, 0) is 31.8 Å². The fourth-order valence-corrected chi connectivity index (χ4v) is 3.66. The van der Waals surface area contributed by atoms with Crippen LogP contribution in [0.25, 0.3) is 0 Å². The van der Waals surface area contributed by atoms with Crippen LogP contribution < -0.4 is 0 Å². The van der Waals surface area contributed by atoms with Gasteiger partial charge < -0.3 is 4.90 Å². The van der Waals surface area contributed by atoms with Gasteiger partial charge >= 0.3 is 0 Å². The molecule has 3 heterocycles. The Hall–Kier alpha value is -1.50. The van der Waals surface area contributed by atoms with E-state index in [0.717, 1.165) is 0 Å². The number of hydrogen-bond donors (Lipinski definition) is 0. The molecular weight excluding hydrogens is 218 g/mol. The van der Waals surface area contributed by atoms with Crippen LogP contribution in [-0.4, -0.2) is 17.5 Å². The summed E-state index contributed by atoms with van der Waals surface area (Å²) >= 11 is 0. The molecule has 1 aliphatic carbocycles. The Balaban J connectivity index is 2.04. The minimum Gasteiger partial charge on any atom is -0.364 e. The van der Waals surface area contributed by atoms with E-state index in [0.29, 0.717) is 17.9 Å². The number of hydrogen-bond acceptors (Lipinski definition) is 1. The van der Waals surface area contributed by atoms with E-state index in [1.54, 1.807) is 0 Å². The van der Waals surface area contributed by atoms with E-state index in [-0.39, 0.29) is 0 Å². The summed E-state index contributed by atoms with van der Waals surface area (Å²) in [5, 5.41) is 0. The molecule has 4 rings (SSSR count). The van der Waals surface area contributed by atoms with Crippen molar-refractivity contribution in [1.29, 1.82) is 0 Å². The molecule has 0 amide bonds. The van der Waals surface area contributed by atoms with Crippen LogP contribution in [0.4, 0.5) is 0 Å². The zero-order chi connectivity index (χ0) is 12.5. The number of fused-ring (bicyclic) bond motifs is 2. The molecule has 0 radical (unpaired) electrons. The highest BCUT2D eigenvalue weighted by Gasteiger charge is 2.44. The lowest BCUT2D eigenvalue weighted by molar-refractivity contribution is 0.113. The standard InChI is InChI=1S/C17H21N/c1-3-5-8-14-13-11-12-18(16(14)4-2)17-10-7-6-9-15(13)17/h3-10,13,15,17H,11-12H2,1-2H3. The predicted molar refractivity (Wildman–Crippen MR) is 77.0 cm³/mol. The fourth-order valence-electron chi connectivity index (χ4n) is 3.66. The first-order valence-electron chi connectivity index (χ1n) is 6.98. The Labute approximate surface area is 110 Å². The van der Waals surface area contributed by atoms with Gasteiger partial charge in [0.05, 0.1) is 6.04 Å². The maximum Gasteiger partial charge on any atom is 0.0544 e. The van der Waals surface area contributed by atoms with Gasteiger partial charge in [-0.25, -0.2) is 0 Å². The van der Waals surface area contributed by atoms with Crippen molar-refractivity contribution in [2.24, 2.45) is 11.8 Å². The van der Waals surface area contributed by atoms with Crippen molar-refractivity contribution < 1.29 is 0 Å². The van der Waals surface area contributed by atoms with E-state index in [4.69, 9.17) is 0 Å². The van der Waals surface area contributed by atoms with E-state index in [1.807, 2.05) is 0 Å². The molecule has 18 heavy (non-hydrogen) atoms. The lowest BCUT2D eigenvalue weighted by Gasteiger charge is -2.53. The lowest BCUT2D eigenvalue weighted by Crippen LogP contribution is -2.53. The third-order valence-corrected chi connectivity index (χ3v) is 4.40. The highest BCUT2D eigenvalue weighted by atomic mass is 15.2. The van der Waals surface area contributed by atoms with Gasteiger partial charge in [-0.15, -0.1) is 0 Å². The van der Waals surface area contributed by atoms with Gasteiger partial charge in [0, 0.05) is 18.2 Å². The zero-order valence-electron chi connectivity index (χ0n) is 11.2. The Morgan fingerprint density at radius 2 is 2.06 bits per heavy atom. The van der Waals surface area contributed by atoms with Crippen LogP contribution in [-0.2, 0) is 0 Å². The topological polar surface area (TPSA) is 3.24 Å². The van der Waals surface area contributed by atoms with Crippen molar-refractivity contribution in [2.45, 2.75) is 26.3 Å². The van der Waals surface area contributed by atoms with Crippen LogP contribution in [0.5, 0.6) is 0 Å². The molecule has 0 N–H and O–H groups in total. The summed E-state index contributed by atoms with van der Waals surface area (Å²) in [5.41, 5.74) is 2.98. The summed E-state index contributed by atoms with van der Waals surface area (Å²) in [6, 6.07) is 0.586. The van der Waals surface area contributed by atoms with Crippen molar-refractivity contribution in [3.05, 3.63) is 59.9 Å². The highest BCUT2D eigenvalue weighted by molar-refractivity contribution is 5.43. The van der Waals surface area contributed by atoms with Gasteiger partial charge in [-0.3, -0.25) is 0 Å². The molecule has 3 unspecified atom stereocenters. The number of nitrogens with zero attached hydrogens (tertiary/aromatic N) is 1. The molecule has 3 saturated heterocycles. The largest absolute Gasteiger partial charge is 0.364 e. The summed E-state index contributed by atoms with van der Waals surface area (Å²) in [4.78, 5) is 2.58. The average molecular weight is 239 g/mol. The minimum atomic E-state index is 0.586. The van der Waals surface area contributed by atoms with Crippen LogP contribution in [0.1, 0.15) is 20.3 Å². The molecule has 1 nitrogen and oxygen atoms in total. The molecule has 0 aromatic rings. The van der Waals surface area contributed by atoms with E-state index in [1.165, 1.54) is 24.2 Å². The molecule has 3 atom stereocenters. The zero-order valence-corrected chi connectivity index (χ0v) is 11.2. The first-order chi connectivity index (χ1) is 8.86. The summed E-state index contributed by atoms with van der Waals surface area (Å²) in [7, 11) is 0. The Bertz CT molecular complexity index is 476. The van der Waals surface area contributed by atoms with E-state index in [9.17, 15) is 0 Å². The van der Waals surface area contributed by atoms with Crippen molar-refractivity contribution in [3.8, 4) is 0 Å². The van der Waals surface area contributed by atoms with Crippen molar-refractivity contribution in [3.63, 3.8) is 0 Å². The van der Waals surface area contributed by atoms with Crippen molar-refractivity contribution in [2.75, 3.05) is 6.54 Å². The molecule has 2 bridgehead atoms. The SMILES string of the molecule is CC=CC=C1C(=CC)N2CCC1C1C=CC=CC12. The first kappa shape index (κ1) is 11.6. The number of allylic oxidation sites excluding steroid dienone is 7. The van der Waals surface area contributed by atoms with Crippen LogP contribution in [0.15, 0.2) is 59.9 Å². The van der Waals surface area contributed by atoms with Crippen LogP contribution >= 0.6 is 0 Å². The van der Waals surface area contributed by atoms with Crippen LogP contribution in [0.3, 0.4) is 0 Å². The van der Waals surface area contributed by atoms with Crippen molar-refractivity contribution in [1.82, 2.24) is 4.90 Å². The molecule has 1 heteroatoms. The third-order valence-electron chi connectivity index (χ3n) is 4.40. The summed E-state index contributed by atoms with van der Waals surface area (Å²) in [6.45, 7) is 5.45. The third kappa shape index (κ3) is 1.61. The van der Waals surface area contributed by atoms with Gasteiger partial charge in [0.25, 0.3) is 0 Å². The maximum absolute atomic E-state index is 2.58. The quantitative estimate of drug-likeness (QED) is 0.672. The average Bonchev–Trinajstić information content (AvgIpc) is 2.45. The summed E-state index contributed by atoms with van der Waals surface area (Å²) in [6.07, 6.45) is 19.4. The molecule has 4 aliphatic rings. The molecule has 0 saturated carbocycles. The number of piperidine rings is 3. The Kier molecular flexibility index (Phi) is 2.99. The lowest BCUT2D eigenvalue weighted by atomic mass is 9.68. The summed E-state index contributed by atoms with van der Waals surface area (Å²) in [5.74, 6) is 1.37. The second kappa shape index (κ2) is 4.64. The highest BCUT2D eigenvalue weighted by Crippen LogP contribution is 2.47. The second-order valence-electron chi connectivity index (χ2n) is 5.25. The van der Waals surface area contributed by atoms with E-state index < -0.39 is 0 Å². The van der Waals surface area contributed by atoms with Crippen LogP contribution in [0, 0.1) is 11.8 Å². The maximum atomic E-state index is 2.58. The molecule has 0 aromatic carbocycles. The molecule has 0 spiro atoms. The molecular formula is C17H21N. The van der Waals surface area contributed by atoms with Gasteiger partial charge in [0.2, 0.25) is 0 Å². The molecule has 3 fully saturated rings. The smallest absolute Gasteiger partial charge is 0.0544 e. The van der Waals surface area contributed by atoms with Crippen LogP contribution in [0.2, 0.25) is 0 Å². The van der Waals surface area contributed by atoms with E-state index in [2.05, 4.69) is 67.4 Å².